The molecule has 0 spiro atoms. The van der Waals surface area contributed by atoms with E-state index in [0.717, 1.165) is 11.4 Å². The second kappa shape index (κ2) is 7.04. The second-order valence-electron chi connectivity index (χ2n) is 5.37. The number of amides is 2. The zero-order chi connectivity index (χ0) is 16.1. The number of aromatic amines is 1. The van der Waals surface area contributed by atoms with Crippen LogP contribution in [0.1, 0.15) is 19.7 Å². The van der Waals surface area contributed by atoms with Crippen molar-refractivity contribution in [3.63, 3.8) is 0 Å². The maximum absolute atomic E-state index is 12.0. The number of aliphatic hydroxyl groups is 1. The van der Waals surface area contributed by atoms with Crippen molar-refractivity contribution in [2.75, 3.05) is 11.9 Å². The number of urea groups is 1. The fourth-order valence-electron chi connectivity index (χ4n) is 1.88. The number of anilines is 1. The lowest BCUT2D eigenvalue weighted by Gasteiger charge is -2.19. The fraction of sp³-hybridized carbons (Fsp3) is 0.400. The molecule has 2 aromatic rings. The summed E-state index contributed by atoms with van der Waals surface area (Å²) in [5, 5.41) is 21.5. The Hall–Kier alpha value is -2.41. The van der Waals surface area contributed by atoms with Gasteiger partial charge in [-0.1, -0.05) is 19.1 Å². The number of hydrogen-bond acceptors (Lipinski definition) is 4. The van der Waals surface area contributed by atoms with E-state index in [1.165, 1.54) is 0 Å². The molecule has 0 saturated heterocycles. The van der Waals surface area contributed by atoms with Gasteiger partial charge in [0, 0.05) is 23.9 Å². The largest absolute Gasteiger partial charge is 0.396 e. The molecule has 2 rings (SSSR count). The molecule has 1 heterocycles. The van der Waals surface area contributed by atoms with Crippen molar-refractivity contribution in [2.45, 2.75) is 26.8 Å². The van der Waals surface area contributed by atoms with E-state index < -0.39 is 0 Å². The summed E-state index contributed by atoms with van der Waals surface area (Å²) < 4.78 is 0. The smallest absolute Gasteiger partial charge is 0.319 e. The van der Waals surface area contributed by atoms with Crippen LogP contribution in [0.3, 0.4) is 0 Å². The van der Waals surface area contributed by atoms with Gasteiger partial charge in [-0.25, -0.2) is 9.78 Å². The third-order valence-electron chi connectivity index (χ3n) is 3.48. The zero-order valence-electron chi connectivity index (χ0n) is 12.9. The number of aromatic nitrogens is 3. The number of hydrogen-bond donors (Lipinski definition) is 4. The van der Waals surface area contributed by atoms with Gasteiger partial charge in [-0.3, -0.25) is 5.10 Å². The highest BCUT2D eigenvalue weighted by Crippen LogP contribution is 2.19. The number of H-pyrrole nitrogens is 1. The third-order valence-corrected chi connectivity index (χ3v) is 3.48. The Morgan fingerprint density at radius 1 is 1.41 bits per heavy atom. The average Bonchev–Trinajstić information content (AvgIpc) is 2.93. The molecule has 0 fully saturated rings. The number of nitrogens with one attached hydrogen (secondary N) is 3. The first-order valence-electron chi connectivity index (χ1n) is 7.17. The number of carbonyl (C=O) groups is 1. The third kappa shape index (κ3) is 4.05. The predicted molar refractivity (Wildman–Crippen MR) is 84.4 cm³/mol. The minimum Gasteiger partial charge on any atom is -0.396 e. The number of nitrogens with zero attached hydrogens (tertiary/aromatic N) is 2. The van der Waals surface area contributed by atoms with Gasteiger partial charge in [0.25, 0.3) is 0 Å². The molecule has 4 N–H and O–H groups in total. The van der Waals surface area contributed by atoms with Crippen molar-refractivity contribution in [3.8, 4) is 11.4 Å². The van der Waals surface area contributed by atoms with Crippen molar-refractivity contribution < 1.29 is 9.90 Å². The van der Waals surface area contributed by atoms with Gasteiger partial charge < -0.3 is 15.7 Å². The Labute approximate surface area is 129 Å². The van der Waals surface area contributed by atoms with Gasteiger partial charge in [-0.05, 0) is 31.9 Å². The zero-order valence-corrected chi connectivity index (χ0v) is 12.9. The van der Waals surface area contributed by atoms with Gasteiger partial charge in [0.2, 0.25) is 0 Å². The number of aliphatic hydroxyl groups excluding tert-OH is 1. The standard InChI is InChI=1S/C15H21N5O2/c1-9(8-21)10(2)16-15(22)18-13-6-4-5-12(7-13)14-17-11(3)19-20-14/h4-7,9-10,21H,8H2,1-3H3,(H2,16,18,22)(H,17,19,20). The summed E-state index contributed by atoms with van der Waals surface area (Å²) >= 11 is 0. The van der Waals surface area contributed by atoms with Crippen LogP contribution in [-0.4, -0.2) is 39.0 Å². The fourth-order valence-corrected chi connectivity index (χ4v) is 1.88. The van der Waals surface area contributed by atoms with Crippen LogP contribution in [0.15, 0.2) is 24.3 Å². The lowest BCUT2D eigenvalue weighted by atomic mass is 10.1. The van der Waals surface area contributed by atoms with Gasteiger partial charge in [-0.2, -0.15) is 5.10 Å². The lowest BCUT2D eigenvalue weighted by molar-refractivity contribution is 0.204. The Kier molecular flexibility index (Phi) is 5.11. The summed E-state index contributed by atoms with van der Waals surface area (Å²) in [6, 6.07) is 6.88. The number of carbonyl (C=O) groups excluding carboxylic acids is 1. The minimum absolute atomic E-state index is 0.00619. The maximum atomic E-state index is 12.0. The molecule has 1 aromatic carbocycles. The highest BCUT2D eigenvalue weighted by Gasteiger charge is 2.14. The van der Waals surface area contributed by atoms with E-state index in [1.807, 2.05) is 39.0 Å². The molecular formula is C15H21N5O2. The summed E-state index contributed by atoms with van der Waals surface area (Å²) in [5.41, 5.74) is 1.47. The Balaban J connectivity index is 2.03. The lowest BCUT2D eigenvalue weighted by Crippen LogP contribution is -2.40. The molecule has 0 aliphatic carbocycles. The molecule has 22 heavy (non-hydrogen) atoms. The molecule has 7 heteroatoms. The van der Waals surface area contributed by atoms with E-state index in [-0.39, 0.29) is 24.6 Å². The van der Waals surface area contributed by atoms with E-state index in [2.05, 4.69) is 25.8 Å². The van der Waals surface area contributed by atoms with Crippen molar-refractivity contribution in [3.05, 3.63) is 30.1 Å². The van der Waals surface area contributed by atoms with Crippen molar-refractivity contribution in [2.24, 2.45) is 5.92 Å². The predicted octanol–water partition coefficient (Wildman–Crippen LogP) is 1.92. The molecule has 118 valence electrons. The molecule has 1 aromatic heterocycles. The van der Waals surface area contributed by atoms with Gasteiger partial charge in [0.15, 0.2) is 5.82 Å². The van der Waals surface area contributed by atoms with Gasteiger partial charge in [0.05, 0.1) is 0 Å². The van der Waals surface area contributed by atoms with Crippen LogP contribution in [0.25, 0.3) is 11.4 Å². The van der Waals surface area contributed by atoms with Gasteiger partial charge in [0.1, 0.15) is 5.82 Å². The quantitative estimate of drug-likeness (QED) is 0.677. The molecule has 2 amide bonds. The topological polar surface area (TPSA) is 103 Å². The Morgan fingerprint density at radius 3 is 2.82 bits per heavy atom. The van der Waals surface area contributed by atoms with Gasteiger partial charge >= 0.3 is 6.03 Å². The van der Waals surface area contributed by atoms with Crippen LogP contribution in [0, 0.1) is 12.8 Å². The summed E-state index contributed by atoms with van der Waals surface area (Å²) in [6.45, 7) is 5.58. The Bertz CT molecular complexity index is 640. The molecule has 0 saturated carbocycles. The average molecular weight is 303 g/mol. The summed E-state index contributed by atoms with van der Waals surface area (Å²) in [6.07, 6.45) is 0. The minimum atomic E-state index is -0.309. The molecule has 2 atom stereocenters. The van der Waals surface area contributed by atoms with Crippen LogP contribution >= 0.6 is 0 Å². The van der Waals surface area contributed by atoms with Crippen LogP contribution in [-0.2, 0) is 0 Å². The Morgan fingerprint density at radius 2 is 2.18 bits per heavy atom. The monoisotopic (exact) mass is 303 g/mol. The SMILES string of the molecule is Cc1nc(-c2cccc(NC(=O)NC(C)C(C)CO)c2)n[nH]1. The van der Waals surface area contributed by atoms with Crippen molar-refractivity contribution in [1.82, 2.24) is 20.5 Å². The van der Waals surface area contributed by atoms with Crippen LogP contribution in [0.2, 0.25) is 0 Å². The molecule has 0 aliphatic heterocycles. The first kappa shape index (κ1) is 16.0. The van der Waals surface area contributed by atoms with E-state index in [0.29, 0.717) is 11.5 Å². The van der Waals surface area contributed by atoms with Crippen molar-refractivity contribution in [1.29, 1.82) is 0 Å². The van der Waals surface area contributed by atoms with Crippen LogP contribution in [0.5, 0.6) is 0 Å². The highest BCUT2D eigenvalue weighted by atomic mass is 16.3. The second-order valence-corrected chi connectivity index (χ2v) is 5.37. The van der Waals surface area contributed by atoms with E-state index in [4.69, 9.17) is 5.11 Å². The first-order chi connectivity index (χ1) is 10.5. The van der Waals surface area contributed by atoms with E-state index >= 15 is 0 Å². The highest BCUT2D eigenvalue weighted by molar-refractivity contribution is 5.90. The van der Waals surface area contributed by atoms with E-state index in [9.17, 15) is 4.79 Å². The molecule has 7 nitrogen and oxygen atoms in total. The number of rotatable bonds is 5. The molecule has 2 unspecified atom stereocenters. The first-order valence-corrected chi connectivity index (χ1v) is 7.17. The van der Waals surface area contributed by atoms with Crippen LogP contribution in [0.4, 0.5) is 10.5 Å². The molecule has 0 bridgehead atoms. The maximum Gasteiger partial charge on any atom is 0.319 e. The summed E-state index contributed by atoms with van der Waals surface area (Å²) in [4.78, 5) is 16.2. The van der Waals surface area contributed by atoms with E-state index in [1.54, 1.807) is 6.07 Å². The number of benzene rings is 1. The summed E-state index contributed by atoms with van der Waals surface area (Å²) in [7, 11) is 0. The van der Waals surface area contributed by atoms with Crippen LogP contribution < -0.4 is 10.6 Å². The normalized spacial score (nSPS) is 13.5. The molecule has 0 aliphatic rings. The van der Waals surface area contributed by atoms with Crippen molar-refractivity contribution >= 4 is 11.7 Å². The molecule has 0 radical (unpaired) electrons. The summed E-state index contributed by atoms with van der Waals surface area (Å²) in [5.74, 6) is 1.31. The number of aryl methyl sites for hydroxylation is 1. The van der Waals surface area contributed by atoms with Gasteiger partial charge in [-0.15, -0.1) is 0 Å². The molecular weight excluding hydrogens is 282 g/mol.